The molecule has 2 heterocycles. The van der Waals surface area contributed by atoms with Crippen LogP contribution in [0.25, 0.3) is 0 Å². The van der Waals surface area contributed by atoms with Gasteiger partial charge in [0, 0.05) is 49.7 Å². The van der Waals surface area contributed by atoms with Crippen molar-refractivity contribution in [2.75, 3.05) is 61.1 Å². The van der Waals surface area contributed by atoms with Crippen molar-refractivity contribution in [1.29, 1.82) is 0 Å². The Labute approximate surface area is 197 Å². The molecule has 2 aromatic carbocycles. The Morgan fingerprint density at radius 1 is 0.971 bits per heavy atom. The lowest BCUT2D eigenvalue weighted by Crippen LogP contribution is -2.37. The summed E-state index contributed by atoms with van der Waals surface area (Å²) in [6.07, 6.45) is 3.62. The van der Waals surface area contributed by atoms with Crippen LogP contribution in [0.2, 0.25) is 0 Å². The molecule has 0 radical (unpaired) electrons. The Kier molecular flexibility index (Phi) is 7.58. The average molecular weight is 469 g/mol. The van der Waals surface area contributed by atoms with Gasteiger partial charge in [0.1, 0.15) is 0 Å². The van der Waals surface area contributed by atoms with Crippen molar-refractivity contribution < 1.29 is 24.0 Å². The van der Waals surface area contributed by atoms with Gasteiger partial charge >= 0.3 is 5.97 Å². The molecule has 180 valence electrons. The number of anilines is 3. The van der Waals surface area contributed by atoms with Crippen molar-refractivity contribution in [2.45, 2.75) is 19.3 Å². The summed E-state index contributed by atoms with van der Waals surface area (Å²) in [4.78, 5) is 40.0. The highest BCUT2D eigenvalue weighted by Crippen LogP contribution is 2.27. The van der Waals surface area contributed by atoms with E-state index in [0.29, 0.717) is 37.7 Å². The molecule has 0 aliphatic carbocycles. The van der Waals surface area contributed by atoms with Crippen LogP contribution in [0, 0.1) is 10.1 Å². The van der Waals surface area contributed by atoms with E-state index in [4.69, 9.17) is 9.47 Å². The summed E-state index contributed by atoms with van der Waals surface area (Å²) in [5.74, 6) is -1.28. The number of non-ortho nitro benzene ring substituents is 1. The second-order valence-electron chi connectivity index (χ2n) is 8.28. The molecule has 0 aromatic heterocycles. The fourth-order valence-corrected chi connectivity index (χ4v) is 4.19. The molecule has 2 aliphatic heterocycles. The van der Waals surface area contributed by atoms with Crippen molar-refractivity contribution in [3.8, 4) is 0 Å². The monoisotopic (exact) mass is 468 g/mol. The number of rotatable bonds is 7. The Hall–Kier alpha value is -3.66. The molecular weight excluding hydrogens is 440 g/mol. The van der Waals surface area contributed by atoms with Gasteiger partial charge in [-0.1, -0.05) is 0 Å². The Morgan fingerprint density at radius 3 is 2.35 bits per heavy atom. The van der Waals surface area contributed by atoms with E-state index in [-0.39, 0.29) is 11.3 Å². The van der Waals surface area contributed by atoms with Gasteiger partial charge in [0.05, 0.1) is 29.4 Å². The second kappa shape index (κ2) is 11.0. The van der Waals surface area contributed by atoms with Crippen LogP contribution in [-0.2, 0) is 14.3 Å². The van der Waals surface area contributed by atoms with Crippen LogP contribution in [0.5, 0.6) is 0 Å². The van der Waals surface area contributed by atoms with Crippen LogP contribution in [0.3, 0.4) is 0 Å². The summed E-state index contributed by atoms with van der Waals surface area (Å²) in [5, 5.41) is 13.9. The molecule has 10 nitrogen and oxygen atoms in total. The van der Waals surface area contributed by atoms with Gasteiger partial charge in [0.15, 0.2) is 6.61 Å². The number of benzene rings is 2. The van der Waals surface area contributed by atoms with Gasteiger partial charge in [-0.25, -0.2) is 4.79 Å². The van der Waals surface area contributed by atoms with Gasteiger partial charge in [-0.3, -0.25) is 14.9 Å². The van der Waals surface area contributed by atoms with Crippen LogP contribution in [0.15, 0.2) is 42.5 Å². The molecule has 10 heteroatoms. The summed E-state index contributed by atoms with van der Waals surface area (Å²) in [5.41, 5.74) is 2.07. The van der Waals surface area contributed by atoms with Crippen LogP contribution in [0.4, 0.5) is 22.7 Å². The molecule has 2 aliphatic rings. The second-order valence-corrected chi connectivity index (χ2v) is 8.28. The number of carbonyl (C=O) groups excluding carboxylic acids is 2. The molecule has 0 atom stereocenters. The summed E-state index contributed by atoms with van der Waals surface area (Å²) >= 11 is 0. The van der Waals surface area contributed by atoms with Gasteiger partial charge in [0.2, 0.25) is 0 Å². The summed E-state index contributed by atoms with van der Waals surface area (Å²) in [6.45, 7) is 3.64. The highest BCUT2D eigenvalue weighted by Gasteiger charge is 2.23. The zero-order chi connectivity index (χ0) is 23.9. The number of nitro benzene ring substituents is 1. The minimum absolute atomic E-state index is 0.0507. The number of esters is 1. The van der Waals surface area contributed by atoms with Crippen molar-refractivity contribution in [1.82, 2.24) is 0 Å². The molecule has 4 rings (SSSR count). The number of piperidine rings is 1. The number of nitro groups is 1. The quantitative estimate of drug-likeness (QED) is 0.374. The molecule has 0 spiro atoms. The number of hydrogen-bond donors (Lipinski definition) is 1. The topological polar surface area (TPSA) is 114 Å². The SMILES string of the molecule is O=C(COC(=O)c1cc([N+](=O)[O-])ccc1N1CCOCC1)Nc1ccc(N2CCCCC2)cc1. The van der Waals surface area contributed by atoms with E-state index < -0.39 is 23.4 Å². The zero-order valence-electron chi connectivity index (χ0n) is 18.9. The smallest absolute Gasteiger partial charge is 0.341 e. The molecule has 0 saturated carbocycles. The number of morpholine rings is 1. The number of amides is 1. The Morgan fingerprint density at radius 2 is 1.68 bits per heavy atom. The number of nitrogens with one attached hydrogen (secondary N) is 1. The lowest BCUT2D eigenvalue weighted by molar-refractivity contribution is -0.384. The maximum Gasteiger partial charge on any atom is 0.341 e. The maximum absolute atomic E-state index is 12.8. The summed E-state index contributed by atoms with van der Waals surface area (Å²) < 4.78 is 10.5. The third-order valence-corrected chi connectivity index (χ3v) is 5.97. The first-order valence-corrected chi connectivity index (χ1v) is 11.4. The highest BCUT2D eigenvalue weighted by molar-refractivity contribution is 5.99. The van der Waals surface area contributed by atoms with Crippen LogP contribution in [0.1, 0.15) is 29.6 Å². The number of ether oxygens (including phenoxy) is 2. The van der Waals surface area contributed by atoms with Crippen LogP contribution >= 0.6 is 0 Å². The van der Waals surface area contributed by atoms with Crippen LogP contribution in [-0.4, -0.2) is 62.8 Å². The molecule has 0 unspecified atom stereocenters. The largest absolute Gasteiger partial charge is 0.452 e. The first-order valence-electron chi connectivity index (χ1n) is 11.4. The molecular formula is C24H28N4O6. The predicted octanol–water partition coefficient (Wildman–Crippen LogP) is 3.22. The first-order chi connectivity index (χ1) is 16.5. The summed E-state index contributed by atoms with van der Waals surface area (Å²) in [6, 6.07) is 11.6. The Balaban J connectivity index is 1.37. The number of hydrogen-bond acceptors (Lipinski definition) is 8. The zero-order valence-corrected chi connectivity index (χ0v) is 18.9. The van der Waals surface area contributed by atoms with Crippen molar-refractivity contribution >= 4 is 34.6 Å². The minimum atomic E-state index is -0.791. The minimum Gasteiger partial charge on any atom is -0.452 e. The highest BCUT2D eigenvalue weighted by atomic mass is 16.6. The van der Waals surface area contributed by atoms with E-state index in [0.717, 1.165) is 18.8 Å². The van der Waals surface area contributed by atoms with Gasteiger partial charge in [-0.15, -0.1) is 0 Å². The number of carbonyl (C=O) groups is 2. The maximum atomic E-state index is 12.8. The van der Waals surface area contributed by atoms with E-state index in [1.54, 1.807) is 0 Å². The third-order valence-electron chi connectivity index (χ3n) is 5.97. The van der Waals surface area contributed by atoms with E-state index in [2.05, 4.69) is 10.2 Å². The van der Waals surface area contributed by atoms with Crippen molar-refractivity contribution in [3.05, 3.63) is 58.1 Å². The van der Waals surface area contributed by atoms with E-state index in [9.17, 15) is 19.7 Å². The average Bonchev–Trinajstić information content (AvgIpc) is 2.88. The van der Waals surface area contributed by atoms with Gasteiger partial charge in [-0.05, 0) is 49.6 Å². The predicted molar refractivity (Wildman–Crippen MR) is 128 cm³/mol. The lowest BCUT2D eigenvalue weighted by Gasteiger charge is -2.30. The number of nitrogens with zero attached hydrogens (tertiary/aromatic N) is 3. The van der Waals surface area contributed by atoms with Crippen LogP contribution < -0.4 is 15.1 Å². The molecule has 2 aromatic rings. The fourth-order valence-electron chi connectivity index (χ4n) is 4.19. The van der Waals surface area contributed by atoms with Gasteiger partial charge in [-0.2, -0.15) is 0 Å². The molecule has 1 amide bonds. The van der Waals surface area contributed by atoms with E-state index in [1.807, 2.05) is 29.2 Å². The summed E-state index contributed by atoms with van der Waals surface area (Å²) in [7, 11) is 0. The molecule has 2 saturated heterocycles. The van der Waals surface area contributed by atoms with E-state index in [1.165, 1.54) is 37.5 Å². The normalized spacial score (nSPS) is 16.1. The fraction of sp³-hybridized carbons (Fsp3) is 0.417. The van der Waals surface area contributed by atoms with E-state index >= 15 is 0 Å². The van der Waals surface area contributed by atoms with Gasteiger partial charge in [0.25, 0.3) is 11.6 Å². The third kappa shape index (κ3) is 5.82. The first kappa shape index (κ1) is 23.5. The molecule has 1 N–H and O–H groups in total. The standard InChI is InChI=1S/C24H28N4O6/c29-23(25-18-4-6-19(7-5-18)26-10-2-1-3-11-26)17-34-24(30)21-16-20(28(31)32)8-9-22(21)27-12-14-33-15-13-27/h4-9,16H,1-3,10-15,17H2,(H,25,29). The molecule has 34 heavy (non-hydrogen) atoms. The Bertz CT molecular complexity index is 1030. The van der Waals surface area contributed by atoms with Crippen molar-refractivity contribution in [2.24, 2.45) is 0 Å². The molecule has 0 bridgehead atoms. The van der Waals surface area contributed by atoms with Crippen molar-refractivity contribution in [3.63, 3.8) is 0 Å². The lowest BCUT2D eigenvalue weighted by atomic mass is 10.1. The van der Waals surface area contributed by atoms with Gasteiger partial charge < -0.3 is 24.6 Å². The molecule has 2 fully saturated rings.